The number of ether oxygens (including phenoxy) is 1. The number of rotatable bonds is 9. The molecule has 0 saturated carbocycles. The van der Waals surface area contributed by atoms with Crippen molar-refractivity contribution in [3.8, 4) is 17.1 Å². The van der Waals surface area contributed by atoms with Gasteiger partial charge >= 0.3 is 0 Å². The van der Waals surface area contributed by atoms with Crippen molar-refractivity contribution in [2.45, 2.75) is 26.3 Å². The van der Waals surface area contributed by atoms with Gasteiger partial charge in [0.25, 0.3) is 11.6 Å². The Morgan fingerprint density at radius 2 is 1.91 bits per heavy atom. The van der Waals surface area contributed by atoms with Crippen LogP contribution in [0.15, 0.2) is 64.1 Å². The molecule has 0 radical (unpaired) electrons. The molecule has 10 nitrogen and oxygen atoms in total. The highest BCUT2D eigenvalue weighted by Gasteiger charge is 2.16. The van der Waals surface area contributed by atoms with Crippen LogP contribution in [0.4, 0.5) is 5.69 Å². The van der Waals surface area contributed by atoms with E-state index >= 15 is 0 Å². The van der Waals surface area contributed by atoms with Crippen LogP contribution in [0.2, 0.25) is 0 Å². The summed E-state index contributed by atoms with van der Waals surface area (Å²) in [6, 6.07) is 14.1. The molecule has 1 aromatic heterocycles. The quantitative estimate of drug-likeness (QED) is 0.283. The molecule has 1 heterocycles. The minimum absolute atomic E-state index is 0.00233. The van der Waals surface area contributed by atoms with Crippen LogP contribution in [-0.2, 0) is 16.0 Å². The van der Waals surface area contributed by atoms with Crippen LogP contribution in [-0.4, -0.2) is 36.1 Å². The van der Waals surface area contributed by atoms with Gasteiger partial charge in [-0.05, 0) is 55.3 Å². The lowest BCUT2D eigenvalue weighted by Gasteiger charge is -2.12. The fourth-order valence-corrected chi connectivity index (χ4v) is 3.15. The van der Waals surface area contributed by atoms with Crippen molar-refractivity contribution in [2.24, 2.45) is 5.10 Å². The third-order valence-electron chi connectivity index (χ3n) is 4.97. The number of nitrogens with one attached hydrogen (secondary N) is 2. The fraction of sp³-hybridized carbons (Fsp3) is 0.208. The Bertz CT molecular complexity index is 1220. The summed E-state index contributed by atoms with van der Waals surface area (Å²) in [5, 5.41) is 17.4. The zero-order chi connectivity index (χ0) is 24.7. The maximum atomic E-state index is 12.2. The summed E-state index contributed by atoms with van der Waals surface area (Å²) in [4.78, 5) is 34.8. The van der Waals surface area contributed by atoms with E-state index in [0.29, 0.717) is 28.4 Å². The highest BCUT2D eigenvalue weighted by Crippen LogP contribution is 2.28. The maximum absolute atomic E-state index is 12.2. The van der Waals surface area contributed by atoms with Gasteiger partial charge in [0.15, 0.2) is 0 Å². The second-order valence-corrected chi connectivity index (χ2v) is 7.51. The van der Waals surface area contributed by atoms with Gasteiger partial charge in [0.05, 0.1) is 24.7 Å². The number of amides is 2. The number of carbonyl (C=O) groups is 2. The molecule has 0 aliphatic heterocycles. The first kappa shape index (κ1) is 24.2. The van der Waals surface area contributed by atoms with Gasteiger partial charge in [0.1, 0.15) is 23.3 Å². The largest absolute Gasteiger partial charge is 0.497 e. The monoisotopic (exact) mass is 464 g/mol. The molecule has 3 rings (SSSR count). The van der Waals surface area contributed by atoms with Gasteiger partial charge in [-0.2, -0.15) is 5.10 Å². The van der Waals surface area contributed by atoms with Crippen molar-refractivity contribution in [1.82, 2.24) is 10.7 Å². The van der Waals surface area contributed by atoms with E-state index in [1.54, 1.807) is 63.4 Å². The van der Waals surface area contributed by atoms with Crippen molar-refractivity contribution in [3.05, 3.63) is 81.6 Å². The molecule has 176 valence electrons. The van der Waals surface area contributed by atoms with E-state index in [1.165, 1.54) is 18.3 Å². The molecule has 2 aromatic carbocycles. The van der Waals surface area contributed by atoms with Gasteiger partial charge in [0, 0.05) is 17.7 Å². The van der Waals surface area contributed by atoms with E-state index in [2.05, 4.69) is 15.8 Å². The number of benzene rings is 2. The normalized spacial score (nSPS) is 11.7. The molecular formula is C24H24N4O6. The lowest BCUT2D eigenvalue weighted by Crippen LogP contribution is -2.43. The van der Waals surface area contributed by atoms with Gasteiger partial charge in [-0.15, -0.1) is 0 Å². The van der Waals surface area contributed by atoms with E-state index in [-0.39, 0.29) is 18.0 Å². The first-order chi connectivity index (χ1) is 16.3. The predicted molar refractivity (Wildman–Crippen MR) is 126 cm³/mol. The van der Waals surface area contributed by atoms with Crippen LogP contribution in [0, 0.1) is 17.0 Å². The second kappa shape index (κ2) is 10.9. The van der Waals surface area contributed by atoms with Crippen LogP contribution >= 0.6 is 0 Å². The summed E-state index contributed by atoms with van der Waals surface area (Å²) in [5.41, 5.74) is 4.56. The standard InChI is InChI=1S/C24H24N4O6/c1-15-12-18(28(31)32)6-10-21(15)22-11-9-20(34-22)14-25-27-24(30)16(2)26-23(29)13-17-4-7-19(33-3)8-5-17/h4-12,14,16H,13H2,1-3H3,(H,26,29)(H,27,30)/b25-14-/t16-/m1/s1. The molecule has 3 aromatic rings. The second-order valence-electron chi connectivity index (χ2n) is 7.51. The molecule has 0 bridgehead atoms. The number of hydrogen-bond acceptors (Lipinski definition) is 7. The minimum atomic E-state index is -0.794. The van der Waals surface area contributed by atoms with Crippen LogP contribution in [0.25, 0.3) is 11.3 Å². The Morgan fingerprint density at radius 3 is 2.56 bits per heavy atom. The Labute approximate surface area is 195 Å². The number of hydrazone groups is 1. The molecular weight excluding hydrogens is 440 g/mol. The Hall–Kier alpha value is -4.47. The molecule has 10 heteroatoms. The smallest absolute Gasteiger partial charge is 0.269 e. The first-order valence-corrected chi connectivity index (χ1v) is 10.4. The van der Waals surface area contributed by atoms with E-state index in [9.17, 15) is 19.7 Å². The van der Waals surface area contributed by atoms with E-state index in [4.69, 9.17) is 9.15 Å². The summed E-state index contributed by atoms with van der Waals surface area (Å²) >= 11 is 0. The molecule has 0 aliphatic carbocycles. The first-order valence-electron chi connectivity index (χ1n) is 10.4. The fourth-order valence-electron chi connectivity index (χ4n) is 3.15. The molecule has 1 atom stereocenters. The average molecular weight is 464 g/mol. The van der Waals surface area contributed by atoms with E-state index < -0.39 is 16.9 Å². The van der Waals surface area contributed by atoms with Crippen molar-refractivity contribution < 1.29 is 23.7 Å². The van der Waals surface area contributed by atoms with Crippen molar-refractivity contribution in [2.75, 3.05) is 7.11 Å². The van der Waals surface area contributed by atoms with Crippen LogP contribution in [0.3, 0.4) is 0 Å². The molecule has 0 spiro atoms. The van der Waals surface area contributed by atoms with Crippen LogP contribution in [0.1, 0.15) is 23.8 Å². The summed E-state index contributed by atoms with van der Waals surface area (Å²) in [6.45, 7) is 3.31. The van der Waals surface area contributed by atoms with Gasteiger partial charge in [-0.3, -0.25) is 19.7 Å². The molecule has 34 heavy (non-hydrogen) atoms. The molecule has 0 fully saturated rings. The third kappa shape index (κ3) is 6.28. The summed E-state index contributed by atoms with van der Waals surface area (Å²) in [5.74, 6) is 0.799. The Morgan fingerprint density at radius 1 is 1.18 bits per heavy atom. The number of methoxy groups -OCH3 is 1. The average Bonchev–Trinajstić information content (AvgIpc) is 3.27. The number of furan rings is 1. The number of nitro groups is 1. The molecule has 2 amide bonds. The number of nitro benzene ring substituents is 1. The number of nitrogens with zero attached hydrogens (tertiary/aromatic N) is 2. The number of hydrogen-bond donors (Lipinski definition) is 2. The van der Waals surface area contributed by atoms with Crippen molar-refractivity contribution >= 4 is 23.7 Å². The Kier molecular flexibility index (Phi) is 7.75. The van der Waals surface area contributed by atoms with Crippen LogP contribution in [0.5, 0.6) is 5.75 Å². The summed E-state index contributed by atoms with van der Waals surface area (Å²) < 4.78 is 10.8. The molecule has 2 N–H and O–H groups in total. The number of aryl methyl sites for hydroxylation is 1. The summed E-state index contributed by atoms with van der Waals surface area (Å²) in [7, 11) is 1.56. The van der Waals surface area contributed by atoms with Crippen LogP contribution < -0.4 is 15.5 Å². The SMILES string of the molecule is COc1ccc(CC(=O)N[C@H](C)C(=O)N/N=C\c2ccc(-c3ccc([N+](=O)[O-])cc3C)o2)cc1. The highest BCUT2D eigenvalue weighted by atomic mass is 16.6. The van der Waals surface area contributed by atoms with E-state index in [1.807, 2.05) is 0 Å². The van der Waals surface area contributed by atoms with Gasteiger partial charge < -0.3 is 14.5 Å². The van der Waals surface area contributed by atoms with Gasteiger partial charge in [-0.25, -0.2) is 5.43 Å². The third-order valence-corrected chi connectivity index (χ3v) is 4.97. The minimum Gasteiger partial charge on any atom is -0.497 e. The van der Waals surface area contributed by atoms with Crippen molar-refractivity contribution in [1.29, 1.82) is 0 Å². The van der Waals surface area contributed by atoms with Gasteiger partial charge in [-0.1, -0.05) is 12.1 Å². The molecule has 0 saturated heterocycles. The molecule has 0 aliphatic rings. The number of non-ortho nitro benzene ring substituents is 1. The maximum Gasteiger partial charge on any atom is 0.269 e. The zero-order valence-corrected chi connectivity index (χ0v) is 18.9. The lowest BCUT2D eigenvalue weighted by atomic mass is 10.1. The Balaban J connectivity index is 1.52. The van der Waals surface area contributed by atoms with E-state index in [0.717, 1.165) is 5.56 Å². The lowest BCUT2D eigenvalue weighted by molar-refractivity contribution is -0.384. The highest BCUT2D eigenvalue weighted by molar-refractivity contribution is 5.88. The molecule has 0 unspecified atom stereocenters. The number of carbonyl (C=O) groups excluding carboxylic acids is 2. The predicted octanol–water partition coefficient (Wildman–Crippen LogP) is 3.37. The zero-order valence-electron chi connectivity index (χ0n) is 18.9. The topological polar surface area (TPSA) is 136 Å². The summed E-state index contributed by atoms with van der Waals surface area (Å²) in [6.07, 6.45) is 1.45. The van der Waals surface area contributed by atoms with Gasteiger partial charge in [0.2, 0.25) is 5.91 Å². The van der Waals surface area contributed by atoms with Crippen molar-refractivity contribution in [3.63, 3.8) is 0 Å².